The van der Waals surface area contributed by atoms with Crippen molar-refractivity contribution in [3.63, 3.8) is 0 Å². The Bertz CT molecular complexity index is 2150. The van der Waals surface area contributed by atoms with Crippen molar-refractivity contribution in [1.29, 1.82) is 0 Å². The van der Waals surface area contributed by atoms with E-state index in [-0.39, 0.29) is 0 Å². The van der Waals surface area contributed by atoms with Crippen LogP contribution < -0.4 is 15.9 Å². The molecule has 1 atom stereocenters. The predicted octanol–water partition coefficient (Wildman–Crippen LogP) is 7.10. The first kappa shape index (κ1) is 21.5. The fraction of sp³-hybridized carbons (Fsp3) is 0. The lowest BCUT2D eigenvalue weighted by Crippen LogP contribution is -2.22. The average Bonchev–Trinajstić information content (AvgIpc) is 3.38. The van der Waals surface area contributed by atoms with Gasteiger partial charge in [-0.05, 0) is 53.6 Å². The zero-order chi connectivity index (χ0) is 25.1. The van der Waals surface area contributed by atoms with Crippen LogP contribution in [0.4, 0.5) is 0 Å². The third-order valence-corrected chi connectivity index (χ3v) is 9.82. The van der Waals surface area contributed by atoms with Crippen LogP contribution in [0, 0.1) is 0 Å². The summed E-state index contributed by atoms with van der Waals surface area (Å²) < 4.78 is 2.29. The second kappa shape index (κ2) is 8.48. The Kier molecular flexibility index (Phi) is 4.80. The van der Waals surface area contributed by atoms with E-state index in [4.69, 9.17) is 9.97 Å². The van der Waals surface area contributed by atoms with Gasteiger partial charge in [0, 0.05) is 33.9 Å². The number of nitrogens with zero attached hydrogens (tertiary/aromatic N) is 3. The first-order chi connectivity index (χ1) is 18.9. The Hall–Kier alpha value is -4.59. The molecule has 0 amide bonds. The number of fused-ring (bicyclic) bond motifs is 9. The zero-order valence-corrected chi connectivity index (χ0v) is 21.4. The quantitative estimate of drug-likeness (QED) is 0.190. The predicted molar refractivity (Wildman–Crippen MR) is 162 cm³/mol. The maximum Gasteiger partial charge on any atom is 0.147 e. The summed E-state index contributed by atoms with van der Waals surface area (Å²) in [7, 11) is -0.871. The molecule has 4 heteroatoms. The zero-order valence-electron chi connectivity index (χ0n) is 20.5. The monoisotopic (exact) mass is 503 g/mol. The summed E-state index contributed by atoms with van der Waals surface area (Å²) in [6.45, 7) is 0. The first-order valence-corrected chi connectivity index (χ1v) is 14.1. The largest absolute Gasteiger partial charge is 0.292 e. The van der Waals surface area contributed by atoms with Gasteiger partial charge in [-0.2, -0.15) is 0 Å². The molecule has 0 aliphatic carbocycles. The molecule has 0 radical (unpaired) electrons. The van der Waals surface area contributed by atoms with Crippen molar-refractivity contribution in [3.05, 3.63) is 134 Å². The second-order valence-electron chi connectivity index (χ2n) is 9.56. The maximum absolute atomic E-state index is 5.11. The molecule has 0 N–H and O–H groups in total. The molecule has 3 heterocycles. The Balaban J connectivity index is 1.53. The molecule has 0 saturated carbocycles. The van der Waals surface area contributed by atoms with Gasteiger partial charge in [0.1, 0.15) is 5.65 Å². The molecule has 8 rings (SSSR count). The number of aromatic nitrogens is 3. The number of hydrogen-bond donors (Lipinski definition) is 0. The van der Waals surface area contributed by atoms with Crippen molar-refractivity contribution in [2.24, 2.45) is 0 Å². The summed E-state index contributed by atoms with van der Waals surface area (Å²) in [5.74, 6) is 0. The Morgan fingerprint density at radius 1 is 0.553 bits per heavy atom. The van der Waals surface area contributed by atoms with E-state index in [0.29, 0.717) is 0 Å². The van der Waals surface area contributed by atoms with Gasteiger partial charge < -0.3 is 0 Å². The first-order valence-electron chi connectivity index (χ1n) is 12.8. The number of imidazole rings is 1. The minimum Gasteiger partial charge on any atom is -0.292 e. The van der Waals surface area contributed by atoms with Gasteiger partial charge in [0.2, 0.25) is 0 Å². The molecule has 0 aliphatic heterocycles. The Labute approximate surface area is 220 Å². The van der Waals surface area contributed by atoms with Crippen LogP contribution in [0.5, 0.6) is 0 Å². The minimum atomic E-state index is -0.871. The maximum atomic E-state index is 5.11. The highest BCUT2D eigenvalue weighted by molar-refractivity contribution is 7.80. The van der Waals surface area contributed by atoms with E-state index in [9.17, 15) is 0 Å². The van der Waals surface area contributed by atoms with E-state index < -0.39 is 7.92 Å². The van der Waals surface area contributed by atoms with Crippen molar-refractivity contribution >= 4 is 73.0 Å². The molecular weight excluding hydrogens is 481 g/mol. The van der Waals surface area contributed by atoms with Crippen LogP contribution in [0.25, 0.3) is 49.1 Å². The lowest BCUT2D eigenvalue weighted by molar-refractivity contribution is 1.30. The highest BCUT2D eigenvalue weighted by Gasteiger charge is 2.23. The van der Waals surface area contributed by atoms with E-state index >= 15 is 0 Å². The molecule has 0 aliphatic rings. The average molecular weight is 504 g/mol. The number of pyridine rings is 2. The van der Waals surface area contributed by atoms with Crippen molar-refractivity contribution < 1.29 is 0 Å². The molecule has 3 aromatic heterocycles. The van der Waals surface area contributed by atoms with Crippen LogP contribution in [0.1, 0.15) is 0 Å². The molecule has 3 nitrogen and oxygen atoms in total. The van der Waals surface area contributed by atoms with E-state index in [1.807, 2.05) is 6.20 Å². The van der Waals surface area contributed by atoms with Gasteiger partial charge in [-0.3, -0.25) is 9.38 Å². The molecule has 0 fully saturated rings. The topological polar surface area (TPSA) is 30.2 Å². The standard InChI is InChI=1S/C34H22N3P/c1-2-12-25(13-3-1)38(26-19-18-23-10-4-5-11-24(23)20-26)32-22-35-21-28-33(32)27-14-6-8-16-30(27)37-31-17-9-7-15-29(31)36-34(28)37/h1-22H. The summed E-state index contributed by atoms with van der Waals surface area (Å²) in [5, 5.41) is 9.94. The number of hydrogen-bond acceptors (Lipinski definition) is 2. The van der Waals surface area contributed by atoms with Gasteiger partial charge in [0.25, 0.3) is 0 Å². The van der Waals surface area contributed by atoms with Crippen LogP contribution in [-0.4, -0.2) is 14.4 Å². The summed E-state index contributed by atoms with van der Waals surface area (Å²) in [6, 6.07) is 43.5. The Morgan fingerprint density at radius 3 is 2.18 bits per heavy atom. The van der Waals surface area contributed by atoms with E-state index in [1.165, 1.54) is 37.5 Å². The van der Waals surface area contributed by atoms with Crippen LogP contribution >= 0.6 is 7.92 Å². The van der Waals surface area contributed by atoms with Crippen LogP contribution in [-0.2, 0) is 0 Å². The van der Waals surface area contributed by atoms with Crippen molar-refractivity contribution in [1.82, 2.24) is 14.4 Å². The lowest BCUT2D eigenvalue weighted by atomic mass is 10.1. The molecule has 1 unspecified atom stereocenters. The lowest BCUT2D eigenvalue weighted by Gasteiger charge is -2.22. The highest BCUT2D eigenvalue weighted by atomic mass is 31.1. The van der Waals surface area contributed by atoms with E-state index in [2.05, 4.69) is 132 Å². The van der Waals surface area contributed by atoms with Crippen LogP contribution in [0.15, 0.2) is 134 Å². The van der Waals surface area contributed by atoms with Crippen LogP contribution in [0.3, 0.4) is 0 Å². The molecule has 0 saturated heterocycles. The van der Waals surface area contributed by atoms with Crippen molar-refractivity contribution in [2.75, 3.05) is 0 Å². The molecule has 5 aromatic carbocycles. The summed E-state index contributed by atoms with van der Waals surface area (Å²) in [5.41, 5.74) is 4.23. The normalized spacial score (nSPS) is 12.6. The number of rotatable bonds is 3. The molecular formula is C34H22N3P. The Morgan fingerprint density at radius 2 is 1.29 bits per heavy atom. The van der Waals surface area contributed by atoms with Gasteiger partial charge in [-0.1, -0.05) is 97.1 Å². The fourth-order valence-corrected chi connectivity index (χ4v) is 8.19. The van der Waals surface area contributed by atoms with Gasteiger partial charge in [0.15, 0.2) is 0 Å². The van der Waals surface area contributed by atoms with Gasteiger partial charge in [-0.25, -0.2) is 4.98 Å². The summed E-state index contributed by atoms with van der Waals surface area (Å²) in [6.07, 6.45) is 4.08. The van der Waals surface area contributed by atoms with Gasteiger partial charge in [0.05, 0.1) is 16.6 Å². The van der Waals surface area contributed by atoms with Gasteiger partial charge in [-0.15, -0.1) is 0 Å². The fourth-order valence-electron chi connectivity index (χ4n) is 5.72. The third-order valence-electron chi connectivity index (χ3n) is 7.39. The van der Waals surface area contributed by atoms with Crippen molar-refractivity contribution in [3.8, 4) is 0 Å². The minimum absolute atomic E-state index is 0.871. The third kappa shape index (κ3) is 3.19. The van der Waals surface area contributed by atoms with Gasteiger partial charge >= 0.3 is 0 Å². The molecule has 38 heavy (non-hydrogen) atoms. The van der Waals surface area contributed by atoms with Crippen LogP contribution in [0.2, 0.25) is 0 Å². The SMILES string of the molecule is c1ccc(P(c2ccc3ccccc3c2)c2cncc3c2c2ccccc2n2c4ccccc4nc32)cc1. The summed E-state index contributed by atoms with van der Waals surface area (Å²) >= 11 is 0. The second-order valence-corrected chi connectivity index (χ2v) is 11.7. The number of benzene rings is 5. The molecule has 0 spiro atoms. The highest BCUT2D eigenvalue weighted by Crippen LogP contribution is 2.40. The number of para-hydroxylation sites is 3. The molecule has 0 bridgehead atoms. The van der Waals surface area contributed by atoms with E-state index in [0.717, 1.165) is 27.6 Å². The van der Waals surface area contributed by atoms with Crippen molar-refractivity contribution in [2.45, 2.75) is 0 Å². The van der Waals surface area contributed by atoms with E-state index in [1.54, 1.807) is 0 Å². The summed E-state index contributed by atoms with van der Waals surface area (Å²) in [4.78, 5) is 9.95. The molecule has 8 aromatic rings. The molecule has 178 valence electrons. The smallest absolute Gasteiger partial charge is 0.147 e.